The molecule has 0 radical (unpaired) electrons. The van der Waals surface area contributed by atoms with Gasteiger partial charge in [-0.05, 0) is 62.9 Å². The highest BCUT2D eigenvalue weighted by molar-refractivity contribution is 6.74. The van der Waals surface area contributed by atoms with Gasteiger partial charge in [-0.1, -0.05) is 45.0 Å². The summed E-state index contributed by atoms with van der Waals surface area (Å²) in [5, 5.41) is 0.231. The van der Waals surface area contributed by atoms with Crippen LogP contribution in [0.3, 0.4) is 0 Å². The van der Waals surface area contributed by atoms with Gasteiger partial charge in [0.15, 0.2) is 8.32 Å². The molecule has 0 unspecified atom stereocenters. The first kappa shape index (κ1) is 24.9. The maximum atomic E-state index is 11.7. The zero-order valence-corrected chi connectivity index (χ0v) is 20.2. The maximum absolute atomic E-state index is 11.7. The van der Waals surface area contributed by atoms with Crippen LogP contribution >= 0.6 is 0 Å². The van der Waals surface area contributed by atoms with E-state index in [2.05, 4.69) is 58.1 Å². The van der Waals surface area contributed by atoms with Crippen molar-refractivity contribution in [3.63, 3.8) is 0 Å². The molecule has 0 aliphatic heterocycles. The predicted octanol–water partition coefficient (Wildman–Crippen LogP) is 5.54. The summed E-state index contributed by atoms with van der Waals surface area (Å²) in [6, 6.07) is 8.46. The van der Waals surface area contributed by atoms with Crippen LogP contribution < -0.4 is 0 Å². The maximum Gasteiger partial charge on any atom is 0.308 e. The summed E-state index contributed by atoms with van der Waals surface area (Å²) >= 11 is 0. The lowest BCUT2D eigenvalue weighted by atomic mass is 10.0. The van der Waals surface area contributed by atoms with E-state index >= 15 is 0 Å². The van der Waals surface area contributed by atoms with Gasteiger partial charge in [-0.2, -0.15) is 0 Å². The van der Waals surface area contributed by atoms with Crippen molar-refractivity contribution >= 4 is 14.3 Å². The molecule has 0 aliphatic carbocycles. The number of rotatable bonds is 10. The standard InChI is InChI=1S/C23H40O4Si/c1-22(2,3)27-21(24)15-17-25-16-13-19-11-9-10-12-20(19)14-18-26-28(7,8)23(4,5)6/h9-12H,13-18H2,1-8H3. The minimum absolute atomic E-state index is 0.212. The Kier molecular flexibility index (Phi) is 9.38. The number of ether oxygens (including phenoxy) is 2. The molecule has 1 aromatic rings. The summed E-state index contributed by atoms with van der Waals surface area (Å²) in [5.74, 6) is -0.212. The molecule has 1 aromatic carbocycles. The van der Waals surface area contributed by atoms with Gasteiger partial charge in [0, 0.05) is 6.61 Å². The molecular weight excluding hydrogens is 368 g/mol. The lowest BCUT2D eigenvalue weighted by Gasteiger charge is -2.36. The third kappa shape index (κ3) is 9.35. The smallest absolute Gasteiger partial charge is 0.308 e. The van der Waals surface area contributed by atoms with E-state index in [1.807, 2.05) is 20.8 Å². The third-order valence-electron chi connectivity index (χ3n) is 5.15. The molecule has 0 fully saturated rings. The molecule has 0 spiro atoms. The number of benzene rings is 1. The summed E-state index contributed by atoms with van der Waals surface area (Å²) in [7, 11) is -1.71. The Hall–Kier alpha value is -1.17. The lowest BCUT2D eigenvalue weighted by Crippen LogP contribution is -2.41. The van der Waals surface area contributed by atoms with Crippen molar-refractivity contribution in [2.24, 2.45) is 0 Å². The van der Waals surface area contributed by atoms with E-state index < -0.39 is 13.9 Å². The first-order chi connectivity index (χ1) is 12.8. The molecular formula is C23H40O4Si. The summed E-state index contributed by atoms with van der Waals surface area (Å²) in [5.41, 5.74) is 2.17. The van der Waals surface area contributed by atoms with Gasteiger partial charge < -0.3 is 13.9 Å². The van der Waals surface area contributed by atoms with Gasteiger partial charge in [0.25, 0.3) is 0 Å². The van der Waals surface area contributed by atoms with Crippen molar-refractivity contribution in [3.8, 4) is 0 Å². The second-order valence-corrected chi connectivity index (χ2v) is 14.6. The molecule has 0 amide bonds. The average Bonchev–Trinajstić information content (AvgIpc) is 2.53. The Labute approximate surface area is 173 Å². The highest BCUT2D eigenvalue weighted by Gasteiger charge is 2.36. The minimum Gasteiger partial charge on any atom is -0.460 e. The number of hydrogen-bond acceptors (Lipinski definition) is 4. The van der Waals surface area contributed by atoms with Crippen LogP contribution in [-0.2, 0) is 31.5 Å². The zero-order chi connectivity index (χ0) is 21.4. The number of hydrogen-bond donors (Lipinski definition) is 0. The van der Waals surface area contributed by atoms with Crippen molar-refractivity contribution in [1.29, 1.82) is 0 Å². The number of carbonyl (C=O) groups excluding carboxylic acids is 1. The van der Waals surface area contributed by atoms with E-state index in [-0.39, 0.29) is 11.0 Å². The summed E-state index contributed by atoms with van der Waals surface area (Å²) in [6.07, 6.45) is 2.05. The molecule has 0 aromatic heterocycles. The van der Waals surface area contributed by atoms with Crippen molar-refractivity contribution in [3.05, 3.63) is 35.4 Å². The van der Waals surface area contributed by atoms with Crippen LogP contribution in [0.15, 0.2) is 24.3 Å². The fourth-order valence-corrected chi connectivity index (χ4v) is 3.56. The Morgan fingerprint density at radius 2 is 1.43 bits per heavy atom. The molecule has 0 saturated heterocycles. The Balaban J connectivity index is 2.41. The quantitative estimate of drug-likeness (QED) is 0.289. The molecule has 4 nitrogen and oxygen atoms in total. The fourth-order valence-electron chi connectivity index (χ4n) is 2.51. The predicted molar refractivity (Wildman–Crippen MR) is 118 cm³/mol. The van der Waals surface area contributed by atoms with Crippen LogP contribution in [0.2, 0.25) is 18.1 Å². The molecule has 1 rings (SSSR count). The van der Waals surface area contributed by atoms with Crippen LogP contribution in [0, 0.1) is 0 Å². The third-order valence-corrected chi connectivity index (χ3v) is 9.68. The molecule has 0 atom stereocenters. The van der Waals surface area contributed by atoms with E-state index in [9.17, 15) is 4.79 Å². The average molecular weight is 409 g/mol. The SMILES string of the molecule is CC(C)(C)OC(=O)CCOCCc1ccccc1CCO[Si](C)(C)C(C)(C)C. The fraction of sp³-hybridized carbons (Fsp3) is 0.696. The monoisotopic (exact) mass is 408 g/mol. The van der Waals surface area contributed by atoms with Crippen molar-refractivity contribution in [2.75, 3.05) is 19.8 Å². The summed E-state index contributed by atoms with van der Waals surface area (Å²) < 4.78 is 17.3. The van der Waals surface area contributed by atoms with E-state index in [0.717, 1.165) is 19.4 Å². The van der Waals surface area contributed by atoms with Gasteiger partial charge in [-0.3, -0.25) is 4.79 Å². The van der Waals surface area contributed by atoms with E-state index in [0.29, 0.717) is 19.6 Å². The van der Waals surface area contributed by atoms with Gasteiger partial charge >= 0.3 is 5.97 Å². The molecule has 0 aliphatic rings. The number of esters is 1. The van der Waals surface area contributed by atoms with Crippen molar-refractivity contribution in [1.82, 2.24) is 0 Å². The first-order valence-electron chi connectivity index (χ1n) is 10.3. The van der Waals surface area contributed by atoms with Gasteiger partial charge in [-0.25, -0.2) is 0 Å². The second-order valence-electron chi connectivity index (χ2n) is 9.83. The largest absolute Gasteiger partial charge is 0.460 e. The van der Waals surface area contributed by atoms with Crippen LogP contribution in [-0.4, -0.2) is 39.7 Å². The normalized spacial score (nSPS) is 12.9. The van der Waals surface area contributed by atoms with Crippen molar-refractivity contribution < 1.29 is 18.7 Å². The Bertz CT molecular complexity index is 612. The first-order valence-corrected chi connectivity index (χ1v) is 13.2. The van der Waals surface area contributed by atoms with E-state index in [1.165, 1.54) is 11.1 Å². The highest BCUT2D eigenvalue weighted by Crippen LogP contribution is 2.36. The van der Waals surface area contributed by atoms with Crippen molar-refractivity contribution in [2.45, 2.75) is 84.5 Å². The zero-order valence-electron chi connectivity index (χ0n) is 19.2. The lowest BCUT2D eigenvalue weighted by molar-refractivity contribution is -0.156. The highest BCUT2D eigenvalue weighted by atomic mass is 28.4. The molecule has 0 saturated carbocycles. The Morgan fingerprint density at radius 3 is 1.93 bits per heavy atom. The van der Waals surface area contributed by atoms with Gasteiger partial charge in [0.05, 0.1) is 19.6 Å². The molecule has 5 heteroatoms. The van der Waals surface area contributed by atoms with Crippen LogP contribution in [0.4, 0.5) is 0 Å². The van der Waals surface area contributed by atoms with Gasteiger partial charge in [0.2, 0.25) is 0 Å². The van der Waals surface area contributed by atoms with Gasteiger partial charge in [-0.15, -0.1) is 0 Å². The van der Waals surface area contributed by atoms with Gasteiger partial charge in [0.1, 0.15) is 5.60 Å². The minimum atomic E-state index is -1.71. The molecule has 0 bridgehead atoms. The second kappa shape index (κ2) is 10.6. The molecule has 28 heavy (non-hydrogen) atoms. The van der Waals surface area contributed by atoms with E-state index in [4.69, 9.17) is 13.9 Å². The van der Waals surface area contributed by atoms with Crippen LogP contribution in [0.5, 0.6) is 0 Å². The Morgan fingerprint density at radius 1 is 0.893 bits per heavy atom. The topological polar surface area (TPSA) is 44.8 Å². The molecule has 0 N–H and O–H groups in total. The van der Waals surface area contributed by atoms with E-state index in [1.54, 1.807) is 0 Å². The number of carbonyl (C=O) groups is 1. The van der Waals surface area contributed by atoms with Crippen LogP contribution in [0.25, 0.3) is 0 Å². The summed E-state index contributed by atoms with van der Waals surface area (Å²) in [4.78, 5) is 11.7. The summed E-state index contributed by atoms with van der Waals surface area (Å²) in [6.45, 7) is 18.7. The van der Waals surface area contributed by atoms with Crippen LogP contribution in [0.1, 0.15) is 59.1 Å². The molecule has 0 heterocycles. The molecule has 160 valence electrons.